The third-order valence-electron chi connectivity index (χ3n) is 6.27. The lowest BCUT2D eigenvalue weighted by atomic mass is 9.76. The van der Waals surface area contributed by atoms with Crippen molar-refractivity contribution in [3.8, 4) is 0 Å². The Labute approximate surface area is 125 Å². The number of hydrogen-bond donors (Lipinski definition) is 2. The molecule has 0 radical (unpaired) electrons. The Morgan fingerprint density at radius 2 is 1.55 bits per heavy atom. The van der Waals surface area contributed by atoms with Crippen LogP contribution in [-0.2, 0) is 0 Å². The Morgan fingerprint density at radius 3 is 2.30 bits per heavy atom. The van der Waals surface area contributed by atoms with Gasteiger partial charge in [0.15, 0.2) is 0 Å². The summed E-state index contributed by atoms with van der Waals surface area (Å²) in [6.07, 6.45) is 15.9. The van der Waals surface area contributed by atoms with Crippen LogP contribution in [0, 0.1) is 11.8 Å². The normalized spacial score (nSPS) is 38.0. The van der Waals surface area contributed by atoms with Crippen LogP contribution in [0.5, 0.6) is 0 Å². The predicted octanol–water partition coefficient (Wildman–Crippen LogP) is 3.86. The topological polar surface area (TPSA) is 24.1 Å². The molecule has 1 heterocycles. The molecule has 0 spiro atoms. The summed E-state index contributed by atoms with van der Waals surface area (Å²) in [6, 6.07) is 2.33. The zero-order chi connectivity index (χ0) is 13.8. The highest BCUT2D eigenvalue weighted by molar-refractivity contribution is 4.92. The first kappa shape index (κ1) is 14.8. The van der Waals surface area contributed by atoms with Gasteiger partial charge < -0.3 is 10.6 Å². The van der Waals surface area contributed by atoms with Crippen molar-refractivity contribution in [3.63, 3.8) is 0 Å². The van der Waals surface area contributed by atoms with Crippen LogP contribution in [0.1, 0.15) is 77.6 Å². The molecule has 1 saturated heterocycles. The molecule has 3 unspecified atom stereocenters. The van der Waals surface area contributed by atoms with Crippen LogP contribution in [0.25, 0.3) is 0 Å². The number of rotatable bonds is 4. The van der Waals surface area contributed by atoms with Crippen molar-refractivity contribution in [2.45, 2.75) is 95.7 Å². The smallest absolute Gasteiger partial charge is 0.0113 e. The zero-order valence-electron chi connectivity index (χ0n) is 13.4. The van der Waals surface area contributed by atoms with E-state index < -0.39 is 0 Å². The van der Waals surface area contributed by atoms with Gasteiger partial charge in [0.1, 0.15) is 0 Å². The fraction of sp³-hybridized carbons (Fsp3) is 1.00. The van der Waals surface area contributed by atoms with Crippen molar-refractivity contribution >= 4 is 0 Å². The summed E-state index contributed by atoms with van der Waals surface area (Å²) in [4.78, 5) is 0. The van der Waals surface area contributed by atoms with Crippen molar-refractivity contribution in [3.05, 3.63) is 0 Å². The quantitative estimate of drug-likeness (QED) is 0.816. The molecule has 2 heteroatoms. The highest BCUT2D eigenvalue weighted by Gasteiger charge is 2.34. The van der Waals surface area contributed by atoms with Gasteiger partial charge in [0.05, 0.1) is 0 Å². The molecule has 0 aromatic heterocycles. The monoisotopic (exact) mass is 278 g/mol. The van der Waals surface area contributed by atoms with Gasteiger partial charge in [0.2, 0.25) is 0 Å². The van der Waals surface area contributed by atoms with Crippen LogP contribution in [0.2, 0.25) is 0 Å². The Balaban J connectivity index is 1.56. The summed E-state index contributed by atoms with van der Waals surface area (Å²) in [5.41, 5.74) is 0. The maximum Gasteiger partial charge on any atom is 0.0113 e. The Morgan fingerprint density at radius 1 is 0.850 bits per heavy atom. The second kappa shape index (κ2) is 7.26. The zero-order valence-corrected chi connectivity index (χ0v) is 13.4. The summed E-state index contributed by atoms with van der Waals surface area (Å²) in [7, 11) is 0. The second-order valence-corrected chi connectivity index (χ2v) is 7.61. The third-order valence-corrected chi connectivity index (χ3v) is 6.27. The molecule has 0 aromatic rings. The fourth-order valence-electron chi connectivity index (χ4n) is 5.02. The summed E-state index contributed by atoms with van der Waals surface area (Å²) >= 11 is 0. The van der Waals surface area contributed by atoms with Gasteiger partial charge in [-0.3, -0.25) is 0 Å². The summed E-state index contributed by atoms with van der Waals surface area (Å²) in [6.45, 7) is 3.71. The molecule has 3 aliphatic rings. The van der Waals surface area contributed by atoms with E-state index in [0.29, 0.717) is 0 Å². The lowest BCUT2D eigenvalue weighted by Crippen LogP contribution is -2.53. The standard InChI is InChI=1S/C18H34N2/c1-14(15-8-2-3-9-15)20-18-12-5-4-10-16(18)17-11-6-7-13-19-17/h14-20H,2-13H2,1H3/t14-,16?,17?,18?/m0/s1. The molecule has 0 amide bonds. The molecule has 2 N–H and O–H groups in total. The average Bonchev–Trinajstić information content (AvgIpc) is 3.03. The second-order valence-electron chi connectivity index (χ2n) is 7.61. The largest absolute Gasteiger partial charge is 0.314 e. The fourth-order valence-corrected chi connectivity index (χ4v) is 5.02. The lowest BCUT2D eigenvalue weighted by Gasteiger charge is -2.41. The first-order valence-electron chi connectivity index (χ1n) is 9.34. The summed E-state index contributed by atoms with van der Waals surface area (Å²) < 4.78 is 0. The molecule has 1 aliphatic heterocycles. The van der Waals surface area contributed by atoms with Gasteiger partial charge in [-0.15, -0.1) is 0 Å². The number of piperidine rings is 1. The van der Waals surface area contributed by atoms with Crippen molar-refractivity contribution in [2.24, 2.45) is 11.8 Å². The predicted molar refractivity (Wildman–Crippen MR) is 85.9 cm³/mol. The molecule has 2 nitrogen and oxygen atoms in total. The maximum atomic E-state index is 4.07. The van der Waals surface area contributed by atoms with Gasteiger partial charge in [-0.25, -0.2) is 0 Å². The minimum absolute atomic E-state index is 0.742. The maximum absolute atomic E-state index is 4.07. The van der Waals surface area contributed by atoms with Crippen molar-refractivity contribution in [1.29, 1.82) is 0 Å². The van der Waals surface area contributed by atoms with Gasteiger partial charge in [-0.05, 0) is 63.8 Å². The van der Waals surface area contributed by atoms with E-state index in [0.717, 1.165) is 30.0 Å². The molecular formula is C18H34N2. The highest BCUT2D eigenvalue weighted by Crippen LogP contribution is 2.33. The van der Waals surface area contributed by atoms with E-state index >= 15 is 0 Å². The molecular weight excluding hydrogens is 244 g/mol. The summed E-state index contributed by atoms with van der Waals surface area (Å²) in [5.74, 6) is 1.85. The van der Waals surface area contributed by atoms with Crippen LogP contribution in [0.3, 0.4) is 0 Å². The van der Waals surface area contributed by atoms with Crippen LogP contribution >= 0.6 is 0 Å². The minimum Gasteiger partial charge on any atom is -0.314 e. The molecule has 116 valence electrons. The molecule has 3 rings (SSSR count). The molecule has 0 aromatic carbocycles. The van der Waals surface area contributed by atoms with E-state index in [1.165, 1.54) is 77.2 Å². The van der Waals surface area contributed by atoms with Crippen molar-refractivity contribution in [2.75, 3.05) is 6.54 Å². The van der Waals surface area contributed by atoms with Gasteiger partial charge in [-0.2, -0.15) is 0 Å². The Kier molecular flexibility index (Phi) is 5.39. The number of nitrogens with one attached hydrogen (secondary N) is 2. The Bertz CT molecular complexity index is 279. The van der Waals surface area contributed by atoms with Gasteiger partial charge in [0.25, 0.3) is 0 Å². The molecule has 2 saturated carbocycles. The minimum atomic E-state index is 0.742. The van der Waals surface area contributed by atoms with Gasteiger partial charge in [-0.1, -0.05) is 32.1 Å². The third kappa shape index (κ3) is 3.57. The molecule has 0 bridgehead atoms. The van der Waals surface area contributed by atoms with E-state index in [2.05, 4.69) is 17.6 Å². The SMILES string of the molecule is C[C@H](NC1CCCCC1C1CCCCN1)C1CCCC1. The highest BCUT2D eigenvalue weighted by atomic mass is 15.0. The van der Waals surface area contributed by atoms with Crippen LogP contribution in [-0.4, -0.2) is 24.7 Å². The molecule has 2 aliphatic carbocycles. The van der Waals surface area contributed by atoms with Crippen LogP contribution < -0.4 is 10.6 Å². The van der Waals surface area contributed by atoms with Crippen LogP contribution in [0.15, 0.2) is 0 Å². The number of hydrogen-bond acceptors (Lipinski definition) is 2. The molecule has 20 heavy (non-hydrogen) atoms. The van der Waals surface area contributed by atoms with E-state index in [9.17, 15) is 0 Å². The summed E-state index contributed by atoms with van der Waals surface area (Å²) in [5, 5.41) is 7.89. The van der Waals surface area contributed by atoms with Gasteiger partial charge >= 0.3 is 0 Å². The van der Waals surface area contributed by atoms with Crippen molar-refractivity contribution < 1.29 is 0 Å². The van der Waals surface area contributed by atoms with E-state index in [-0.39, 0.29) is 0 Å². The lowest BCUT2D eigenvalue weighted by molar-refractivity contribution is 0.163. The first-order valence-corrected chi connectivity index (χ1v) is 9.34. The average molecular weight is 278 g/mol. The van der Waals surface area contributed by atoms with E-state index in [4.69, 9.17) is 0 Å². The van der Waals surface area contributed by atoms with Gasteiger partial charge in [0, 0.05) is 18.1 Å². The Hall–Kier alpha value is -0.0800. The first-order chi connectivity index (χ1) is 9.84. The van der Waals surface area contributed by atoms with E-state index in [1.54, 1.807) is 0 Å². The van der Waals surface area contributed by atoms with Crippen LogP contribution in [0.4, 0.5) is 0 Å². The molecule has 3 fully saturated rings. The van der Waals surface area contributed by atoms with E-state index in [1.807, 2.05) is 0 Å². The molecule has 4 atom stereocenters. The van der Waals surface area contributed by atoms with Crippen molar-refractivity contribution in [1.82, 2.24) is 10.6 Å².